The highest BCUT2D eigenvalue weighted by molar-refractivity contribution is 5.74. The van der Waals surface area contributed by atoms with Crippen molar-refractivity contribution >= 4 is 6.03 Å². The van der Waals surface area contributed by atoms with Crippen LogP contribution < -0.4 is 20.1 Å². The van der Waals surface area contributed by atoms with Crippen molar-refractivity contribution in [2.24, 2.45) is 0 Å². The molecule has 1 aliphatic heterocycles. The lowest BCUT2D eigenvalue weighted by molar-refractivity contribution is 0.174. The Kier molecular flexibility index (Phi) is 4.09. The third-order valence-electron chi connectivity index (χ3n) is 3.42. The van der Waals surface area contributed by atoms with Crippen molar-refractivity contribution in [3.63, 3.8) is 0 Å². The lowest BCUT2D eigenvalue weighted by Crippen LogP contribution is -2.36. The zero-order valence-electron chi connectivity index (χ0n) is 12.2. The van der Waals surface area contributed by atoms with Crippen LogP contribution in [0.2, 0.25) is 0 Å². The molecule has 22 heavy (non-hydrogen) atoms. The number of benzene rings is 1. The van der Waals surface area contributed by atoms with E-state index in [4.69, 9.17) is 9.47 Å². The normalized spacial score (nSPS) is 13.5. The molecule has 114 valence electrons. The molecule has 2 aromatic rings. The van der Waals surface area contributed by atoms with E-state index in [0.29, 0.717) is 12.3 Å². The topological polar surface area (TPSA) is 72.5 Å². The van der Waals surface area contributed by atoms with E-state index in [1.165, 1.54) is 0 Å². The predicted molar refractivity (Wildman–Crippen MR) is 80.6 cm³/mol. The van der Waals surface area contributed by atoms with E-state index in [0.717, 1.165) is 16.9 Å². The summed E-state index contributed by atoms with van der Waals surface area (Å²) in [7, 11) is 0. The number of amides is 2. The van der Waals surface area contributed by atoms with Gasteiger partial charge in [0.2, 0.25) is 6.79 Å². The summed E-state index contributed by atoms with van der Waals surface area (Å²) >= 11 is 0. The first-order valence-electron chi connectivity index (χ1n) is 7.05. The van der Waals surface area contributed by atoms with Crippen molar-refractivity contribution in [1.82, 2.24) is 15.6 Å². The molecule has 1 atom stereocenters. The first-order chi connectivity index (χ1) is 10.7. The second kappa shape index (κ2) is 6.34. The van der Waals surface area contributed by atoms with E-state index in [1.54, 1.807) is 12.4 Å². The van der Waals surface area contributed by atoms with Crippen molar-refractivity contribution < 1.29 is 14.3 Å². The van der Waals surface area contributed by atoms with Gasteiger partial charge in [0, 0.05) is 18.9 Å². The second-order valence-corrected chi connectivity index (χ2v) is 5.02. The molecule has 0 bridgehead atoms. The van der Waals surface area contributed by atoms with Crippen LogP contribution in [0.15, 0.2) is 42.7 Å². The lowest BCUT2D eigenvalue weighted by atomic mass is 10.1. The Balaban J connectivity index is 1.55. The van der Waals surface area contributed by atoms with Crippen LogP contribution in [0.1, 0.15) is 24.1 Å². The quantitative estimate of drug-likeness (QED) is 0.909. The molecule has 6 heteroatoms. The molecular formula is C16H17N3O3. The van der Waals surface area contributed by atoms with Gasteiger partial charge in [0.1, 0.15) is 0 Å². The fraction of sp³-hybridized carbons (Fsp3) is 0.250. The summed E-state index contributed by atoms with van der Waals surface area (Å²) in [5.74, 6) is 1.44. The molecule has 1 aromatic heterocycles. The van der Waals surface area contributed by atoms with Crippen LogP contribution in [-0.2, 0) is 6.54 Å². The summed E-state index contributed by atoms with van der Waals surface area (Å²) in [5.41, 5.74) is 1.91. The van der Waals surface area contributed by atoms with Gasteiger partial charge in [0.15, 0.2) is 11.5 Å². The Morgan fingerprint density at radius 1 is 1.32 bits per heavy atom. The standard InChI is InChI=1S/C16H17N3O3/c1-11(13-4-5-14-15(7-13)22-10-21-14)19-16(20)18-9-12-3-2-6-17-8-12/h2-8,11H,9-10H2,1H3,(H2,18,19,20). The van der Waals surface area contributed by atoms with Crippen molar-refractivity contribution in [2.45, 2.75) is 19.5 Å². The first-order valence-corrected chi connectivity index (χ1v) is 7.05. The number of rotatable bonds is 4. The number of fused-ring (bicyclic) bond motifs is 1. The predicted octanol–water partition coefficient (Wildman–Crippen LogP) is 2.37. The van der Waals surface area contributed by atoms with Crippen LogP contribution in [0, 0.1) is 0 Å². The van der Waals surface area contributed by atoms with Crippen LogP contribution in [-0.4, -0.2) is 17.8 Å². The minimum Gasteiger partial charge on any atom is -0.454 e. The Labute approximate surface area is 128 Å². The third kappa shape index (κ3) is 3.28. The molecule has 2 heterocycles. The van der Waals surface area contributed by atoms with Gasteiger partial charge in [0.05, 0.1) is 6.04 Å². The van der Waals surface area contributed by atoms with E-state index in [9.17, 15) is 4.79 Å². The van der Waals surface area contributed by atoms with Gasteiger partial charge in [-0.1, -0.05) is 12.1 Å². The summed E-state index contributed by atoms with van der Waals surface area (Å²) in [5, 5.41) is 5.70. The Hall–Kier alpha value is -2.76. The van der Waals surface area contributed by atoms with Crippen LogP contribution in [0.5, 0.6) is 11.5 Å². The van der Waals surface area contributed by atoms with E-state index in [2.05, 4.69) is 15.6 Å². The van der Waals surface area contributed by atoms with Crippen molar-refractivity contribution in [3.05, 3.63) is 53.9 Å². The zero-order valence-corrected chi connectivity index (χ0v) is 12.2. The van der Waals surface area contributed by atoms with E-state index >= 15 is 0 Å². The van der Waals surface area contributed by atoms with Crippen molar-refractivity contribution in [3.8, 4) is 11.5 Å². The van der Waals surface area contributed by atoms with Crippen LogP contribution >= 0.6 is 0 Å². The maximum absolute atomic E-state index is 11.9. The molecule has 1 unspecified atom stereocenters. The molecule has 2 amide bonds. The largest absolute Gasteiger partial charge is 0.454 e. The molecule has 2 N–H and O–H groups in total. The molecule has 0 saturated heterocycles. The van der Waals surface area contributed by atoms with Crippen LogP contribution in [0.3, 0.4) is 0 Å². The number of carbonyl (C=O) groups excluding carboxylic acids is 1. The number of pyridine rings is 1. The smallest absolute Gasteiger partial charge is 0.315 e. The van der Waals surface area contributed by atoms with Gasteiger partial charge in [-0.3, -0.25) is 4.98 Å². The average molecular weight is 299 g/mol. The highest BCUT2D eigenvalue weighted by Gasteiger charge is 2.16. The maximum atomic E-state index is 11.9. The summed E-state index contributed by atoms with van der Waals surface area (Å²) in [6.07, 6.45) is 3.42. The Morgan fingerprint density at radius 3 is 3.00 bits per heavy atom. The molecule has 1 aromatic carbocycles. The second-order valence-electron chi connectivity index (χ2n) is 5.02. The number of urea groups is 1. The number of ether oxygens (including phenoxy) is 2. The lowest BCUT2D eigenvalue weighted by Gasteiger charge is -2.15. The van der Waals surface area contributed by atoms with Gasteiger partial charge >= 0.3 is 6.03 Å². The molecular weight excluding hydrogens is 282 g/mol. The van der Waals surface area contributed by atoms with Crippen LogP contribution in [0.4, 0.5) is 4.79 Å². The monoisotopic (exact) mass is 299 g/mol. The van der Waals surface area contributed by atoms with Gasteiger partial charge in [-0.2, -0.15) is 0 Å². The van der Waals surface area contributed by atoms with E-state index in [1.807, 2.05) is 37.3 Å². The zero-order chi connectivity index (χ0) is 15.4. The van der Waals surface area contributed by atoms with Gasteiger partial charge in [-0.15, -0.1) is 0 Å². The molecule has 0 saturated carbocycles. The van der Waals surface area contributed by atoms with Gasteiger partial charge in [0.25, 0.3) is 0 Å². The number of nitrogens with zero attached hydrogens (tertiary/aromatic N) is 1. The fourth-order valence-corrected chi connectivity index (χ4v) is 2.20. The van der Waals surface area contributed by atoms with Gasteiger partial charge in [-0.25, -0.2) is 4.79 Å². The number of hydrogen-bond donors (Lipinski definition) is 2. The van der Waals surface area contributed by atoms with E-state index in [-0.39, 0.29) is 18.9 Å². The Bertz CT molecular complexity index is 661. The SMILES string of the molecule is CC(NC(=O)NCc1cccnc1)c1ccc2c(c1)OCO2. The fourth-order valence-electron chi connectivity index (χ4n) is 2.20. The first kappa shape index (κ1) is 14.2. The molecule has 0 fully saturated rings. The highest BCUT2D eigenvalue weighted by atomic mass is 16.7. The average Bonchev–Trinajstić information content (AvgIpc) is 3.01. The molecule has 0 radical (unpaired) electrons. The van der Waals surface area contributed by atoms with Crippen molar-refractivity contribution in [2.75, 3.05) is 6.79 Å². The molecule has 0 aliphatic carbocycles. The number of carbonyl (C=O) groups is 1. The molecule has 0 spiro atoms. The van der Waals surface area contributed by atoms with E-state index < -0.39 is 0 Å². The third-order valence-corrected chi connectivity index (χ3v) is 3.42. The van der Waals surface area contributed by atoms with Crippen LogP contribution in [0.25, 0.3) is 0 Å². The van der Waals surface area contributed by atoms with Gasteiger partial charge < -0.3 is 20.1 Å². The minimum absolute atomic E-state index is 0.136. The summed E-state index contributed by atoms with van der Waals surface area (Å²) < 4.78 is 10.6. The highest BCUT2D eigenvalue weighted by Crippen LogP contribution is 2.34. The molecule has 6 nitrogen and oxygen atoms in total. The Morgan fingerprint density at radius 2 is 2.18 bits per heavy atom. The van der Waals surface area contributed by atoms with Gasteiger partial charge in [-0.05, 0) is 36.2 Å². The maximum Gasteiger partial charge on any atom is 0.315 e. The summed E-state index contributed by atoms with van der Waals surface area (Å²) in [6.45, 7) is 2.60. The van der Waals surface area contributed by atoms with Crippen molar-refractivity contribution in [1.29, 1.82) is 0 Å². The summed E-state index contributed by atoms with van der Waals surface area (Å²) in [4.78, 5) is 15.9. The number of aromatic nitrogens is 1. The minimum atomic E-state index is -0.228. The summed E-state index contributed by atoms with van der Waals surface area (Å²) in [6, 6.07) is 9.04. The number of hydrogen-bond acceptors (Lipinski definition) is 4. The molecule has 1 aliphatic rings. The molecule has 3 rings (SSSR count). The number of nitrogens with one attached hydrogen (secondary N) is 2.